The number of anilines is 1. The van der Waals surface area contributed by atoms with E-state index in [9.17, 15) is 23.3 Å². The summed E-state index contributed by atoms with van der Waals surface area (Å²) in [4.78, 5) is 27.3. The van der Waals surface area contributed by atoms with E-state index in [1.54, 1.807) is 12.1 Å². The van der Waals surface area contributed by atoms with E-state index in [1.807, 2.05) is 30.3 Å². The Hall–Kier alpha value is -4.37. The maximum Gasteiger partial charge on any atom is 0.273 e. The van der Waals surface area contributed by atoms with Crippen LogP contribution in [0.25, 0.3) is 17.3 Å². The Labute approximate surface area is 265 Å². The van der Waals surface area contributed by atoms with E-state index in [0.717, 1.165) is 46.3 Å². The predicted molar refractivity (Wildman–Crippen MR) is 175 cm³/mol. The van der Waals surface area contributed by atoms with Crippen molar-refractivity contribution >= 4 is 44.6 Å². The van der Waals surface area contributed by atoms with Gasteiger partial charge >= 0.3 is 0 Å². The summed E-state index contributed by atoms with van der Waals surface area (Å²) >= 11 is 0.897. The zero-order chi connectivity index (χ0) is 32.4. The van der Waals surface area contributed by atoms with Crippen LogP contribution in [0.1, 0.15) is 51.2 Å². The van der Waals surface area contributed by atoms with Crippen LogP contribution in [0.5, 0.6) is 0 Å². The van der Waals surface area contributed by atoms with Gasteiger partial charge in [0, 0.05) is 18.8 Å². The van der Waals surface area contributed by atoms with Crippen molar-refractivity contribution in [3.63, 3.8) is 0 Å². The van der Waals surface area contributed by atoms with Crippen molar-refractivity contribution < 1.29 is 17.6 Å². The van der Waals surface area contributed by atoms with Gasteiger partial charge < -0.3 is 5.32 Å². The Balaban J connectivity index is 1.60. The summed E-state index contributed by atoms with van der Waals surface area (Å²) in [7, 11) is -3.77. The van der Waals surface area contributed by atoms with Crippen molar-refractivity contribution in [2.45, 2.75) is 50.3 Å². The molecule has 8 nitrogen and oxygen atoms in total. The van der Waals surface area contributed by atoms with Gasteiger partial charge in [-0.15, -0.1) is 11.3 Å². The van der Waals surface area contributed by atoms with Gasteiger partial charge in [0.15, 0.2) is 5.57 Å². The fourth-order valence-electron chi connectivity index (χ4n) is 5.11. The molecule has 11 heteroatoms. The third-order valence-corrected chi connectivity index (χ3v) is 10.6. The Morgan fingerprint density at radius 1 is 1.00 bits per heavy atom. The van der Waals surface area contributed by atoms with Crippen LogP contribution in [0.15, 0.2) is 82.5 Å². The summed E-state index contributed by atoms with van der Waals surface area (Å²) < 4.78 is 44.1. The number of nitrogens with zero attached hydrogens (tertiary/aromatic N) is 3. The molecule has 0 spiro atoms. The number of carbonyl (C=O) groups excluding carboxylic acids is 1. The number of rotatable bonds is 6. The minimum absolute atomic E-state index is 0.0226. The third-order valence-electron chi connectivity index (χ3n) is 7.59. The van der Waals surface area contributed by atoms with Gasteiger partial charge in [0.05, 0.1) is 15.1 Å². The van der Waals surface area contributed by atoms with Crippen LogP contribution >= 0.6 is 11.3 Å². The van der Waals surface area contributed by atoms with Crippen LogP contribution in [-0.4, -0.2) is 36.3 Å². The van der Waals surface area contributed by atoms with E-state index in [-0.39, 0.29) is 30.9 Å². The lowest BCUT2D eigenvalue weighted by Gasteiger charge is -2.26. The van der Waals surface area contributed by atoms with Gasteiger partial charge in [-0.2, -0.15) is 9.57 Å². The number of amides is 1. The highest BCUT2D eigenvalue weighted by molar-refractivity contribution is 7.89. The van der Waals surface area contributed by atoms with Crippen LogP contribution in [0.3, 0.4) is 0 Å². The molecule has 0 radical (unpaired) electrons. The molecule has 3 aromatic carbocycles. The van der Waals surface area contributed by atoms with Gasteiger partial charge in [0.1, 0.15) is 16.5 Å². The molecule has 0 unspecified atom stereocenters. The topological polar surface area (TPSA) is 112 Å². The fraction of sp³-hybridized carbons (Fsp3) is 0.265. The molecule has 1 saturated heterocycles. The number of hydrogen-bond acceptors (Lipinski definition) is 6. The van der Waals surface area contributed by atoms with Gasteiger partial charge in [-0.1, -0.05) is 69.7 Å². The standard InChI is InChI=1S/C34H33FN4O4S2/c1-34(2,3)24-16-14-23(15-17-24)20-30-32(41)39(29-13-6-5-12-28(29)35)33(44-30)27(22-36)31(40)37-25-10-9-11-26(21-25)45(42,43)38-18-7-4-8-19-38/h5-6,9-17,20-21H,4,7-8,18-19H2,1-3H3,(H,37,40)/b30-20-,33-27-. The predicted octanol–water partition coefficient (Wildman–Crippen LogP) is 4.65. The van der Waals surface area contributed by atoms with E-state index in [4.69, 9.17) is 0 Å². The van der Waals surface area contributed by atoms with Gasteiger partial charge in [0.25, 0.3) is 11.5 Å². The molecule has 4 aromatic rings. The first-order chi connectivity index (χ1) is 21.4. The first-order valence-corrected chi connectivity index (χ1v) is 16.8. The molecule has 0 saturated carbocycles. The molecule has 1 amide bonds. The third kappa shape index (κ3) is 6.83. The minimum atomic E-state index is -3.77. The number of carbonyl (C=O) groups is 1. The summed E-state index contributed by atoms with van der Waals surface area (Å²) in [6.07, 6.45) is 4.17. The smallest absolute Gasteiger partial charge is 0.273 e. The molecule has 0 aliphatic carbocycles. The van der Waals surface area contributed by atoms with E-state index >= 15 is 4.39 Å². The normalized spacial score (nSPS) is 15.4. The summed E-state index contributed by atoms with van der Waals surface area (Å²) in [5.74, 6) is -1.56. The quantitative estimate of drug-likeness (QED) is 0.329. The summed E-state index contributed by atoms with van der Waals surface area (Å²) in [6, 6.07) is 21.0. The van der Waals surface area contributed by atoms with Gasteiger partial charge in [-0.05, 0) is 65.8 Å². The average Bonchev–Trinajstić information content (AvgIpc) is 3.32. The molecule has 1 aliphatic rings. The SMILES string of the molecule is CC(C)(C)c1ccc(/C=c2\s/c(=C(/C#N)C(=O)Nc3cccc(S(=O)(=O)N4CCCCC4)c3)n(-c3ccccc3F)c2=O)cc1. The highest BCUT2D eigenvalue weighted by atomic mass is 32.2. The number of thiazole rings is 1. The summed E-state index contributed by atoms with van der Waals surface area (Å²) in [5, 5.41) is 12.8. The van der Waals surface area contributed by atoms with Crippen molar-refractivity contribution in [3.05, 3.63) is 109 Å². The maximum atomic E-state index is 15.0. The van der Waals surface area contributed by atoms with Crippen molar-refractivity contribution in [1.82, 2.24) is 8.87 Å². The second-order valence-electron chi connectivity index (χ2n) is 11.8. The molecule has 0 atom stereocenters. The lowest BCUT2D eigenvalue weighted by Crippen LogP contribution is -2.35. The Kier molecular flexibility index (Phi) is 9.20. The monoisotopic (exact) mass is 644 g/mol. The van der Waals surface area contributed by atoms with Gasteiger partial charge in [-0.25, -0.2) is 12.8 Å². The highest BCUT2D eigenvalue weighted by Gasteiger charge is 2.26. The second-order valence-corrected chi connectivity index (χ2v) is 14.8. The number of para-hydroxylation sites is 1. The first-order valence-electron chi connectivity index (χ1n) is 14.5. The molecule has 0 bridgehead atoms. The highest BCUT2D eigenvalue weighted by Crippen LogP contribution is 2.24. The van der Waals surface area contributed by atoms with Gasteiger partial charge in [0.2, 0.25) is 10.0 Å². The molecule has 1 N–H and O–H groups in total. The number of aromatic nitrogens is 1. The Morgan fingerprint density at radius 2 is 1.69 bits per heavy atom. The molecular formula is C34H33FN4O4S2. The number of sulfonamides is 1. The number of nitriles is 1. The number of benzene rings is 3. The van der Waals surface area contributed by atoms with E-state index < -0.39 is 32.9 Å². The van der Waals surface area contributed by atoms with E-state index in [0.29, 0.717) is 13.1 Å². The molecule has 1 fully saturated rings. The van der Waals surface area contributed by atoms with Gasteiger partial charge in [-0.3, -0.25) is 14.2 Å². The number of nitrogens with one attached hydrogen (secondary N) is 1. The second kappa shape index (κ2) is 12.9. The van der Waals surface area contributed by atoms with Crippen LogP contribution < -0.4 is 20.1 Å². The maximum absolute atomic E-state index is 15.0. The van der Waals surface area contributed by atoms with Crippen molar-refractivity contribution in [2.24, 2.45) is 0 Å². The average molecular weight is 645 g/mol. The number of halogens is 1. The molecular weight excluding hydrogens is 612 g/mol. The summed E-state index contributed by atoms with van der Waals surface area (Å²) in [5.41, 5.74) is 0.818. The molecule has 1 aromatic heterocycles. The first kappa shape index (κ1) is 32.0. The zero-order valence-corrected chi connectivity index (χ0v) is 26.8. The zero-order valence-electron chi connectivity index (χ0n) is 25.2. The molecule has 1 aliphatic heterocycles. The molecule has 232 valence electrons. The van der Waals surface area contributed by atoms with Crippen LogP contribution in [0.2, 0.25) is 0 Å². The molecule has 5 rings (SSSR count). The van der Waals surface area contributed by atoms with Crippen molar-refractivity contribution in [3.8, 4) is 11.8 Å². The lowest BCUT2D eigenvalue weighted by atomic mass is 9.87. The largest absolute Gasteiger partial charge is 0.321 e. The van der Waals surface area contributed by atoms with Crippen molar-refractivity contribution in [1.29, 1.82) is 5.26 Å². The Morgan fingerprint density at radius 3 is 2.33 bits per heavy atom. The lowest BCUT2D eigenvalue weighted by molar-refractivity contribution is -0.111. The van der Waals surface area contributed by atoms with Crippen LogP contribution in [-0.2, 0) is 20.2 Å². The van der Waals surface area contributed by atoms with Crippen LogP contribution in [0.4, 0.5) is 10.1 Å². The van der Waals surface area contributed by atoms with Crippen molar-refractivity contribution in [2.75, 3.05) is 18.4 Å². The van der Waals surface area contributed by atoms with E-state index in [2.05, 4.69) is 26.1 Å². The molecule has 2 heterocycles. The number of hydrogen-bond donors (Lipinski definition) is 1. The fourth-order valence-corrected chi connectivity index (χ4v) is 7.77. The number of piperidine rings is 1. The summed E-state index contributed by atoms with van der Waals surface area (Å²) in [6.45, 7) is 7.14. The minimum Gasteiger partial charge on any atom is -0.321 e. The van der Waals surface area contributed by atoms with E-state index in [1.165, 1.54) is 46.8 Å². The Bertz CT molecular complexity index is 2080. The van der Waals surface area contributed by atoms with Crippen LogP contribution in [0, 0.1) is 17.1 Å². The molecule has 45 heavy (non-hydrogen) atoms.